The van der Waals surface area contributed by atoms with E-state index in [0.29, 0.717) is 6.04 Å². The number of benzene rings is 1. The fourth-order valence-corrected chi connectivity index (χ4v) is 3.54. The molecular weight excluding hydrogens is 306 g/mol. The second-order valence-electron chi connectivity index (χ2n) is 4.56. The lowest BCUT2D eigenvalue weighted by molar-refractivity contribution is 0.573. The summed E-state index contributed by atoms with van der Waals surface area (Å²) in [6.07, 6.45) is 0. The van der Waals surface area contributed by atoms with Crippen LogP contribution in [0.1, 0.15) is 33.8 Å². The molecular formula is C15H18BrNS. The normalized spacial score (nSPS) is 12.7. The third-order valence-corrected chi connectivity index (χ3v) is 4.86. The molecule has 0 radical (unpaired) electrons. The van der Waals surface area contributed by atoms with Gasteiger partial charge in [-0.3, -0.25) is 0 Å². The van der Waals surface area contributed by atoms with Crippen molar-refractivity contribution in [1.29, 1.82) is 0 Å². The first-order valence-corrected chi connectivity index (χ1v) is 7.72. The summed E-state index contributed by atoms with van der Waals surface area (Å²) in [6.45, 7) is 7.48. The molecule has 0 aliphatic rings. The van der Waals surface area contributed by atoms with E-state index in [9.17, 15) is 0 Å². The monoisotopic (exact) mass is 323 g/mol. The number of nitrogens with one attached hydrogen (secondary N) is 1. The van der Waals surface area contributed by atoms with Crippen LogP contribution >= 0.6 is 27.3 Å². The van der Waals surface area contributed by atoms with Gasteiger partial charge in [0, 0.05) is 26.8 Å². The van der Waals surface area contributed by atoms with Crippen LogP contribution in [-0.4, -0.2) is 0 Å². The van der Waals surface area contributed by atoms with Crippen LogP contribution in [0, 0.1) is 13.8 Å². The Bertz CT molecular complexity index is 533. The van der Waals surface area contributed by atoms with Crippen molar-refractivity contribution in [3.63, 3.8) is 0 Å². The van der Waals surface area contributed by atoms with Gasteiger partial charge < -0.3 is 5.32 Å². The SMILES string of the molecule is Cc1cc(C(C)NCc2ccccc2Br)c(C)s1. The third kappa shape index (κ3) is 3.22. The summed E-state index contributed by atoms with van der Waals surface area (Å²) in [5.41, 5.74) is 2.72. The molecule has 0 fully saturated rings. The Morgan fingerprint density at radius 3 is 2.61 bits per heavy atom. The van der Waals surface area contributed by atoms with Crippen molar-refractivity contribution < 1.29 is 0 Å². The van der Waals surface area contributed by atoms with Gasteiger partial charge in [-0.1, -0.05) is 34.1 Å². The summed E-state index contributed by atoms with van der Waals surface area (Å²) >= 11 is 5.46. The van der Waals surface area contributed by atoms with Crippen molar-refractivity contribution in [2.75, 3.05) is 0 Å². The molecule has 0 amide bonds. The molecule has 0 saturated heterocycles. The number of hydrogen-bond acceptors (Lipinski definition) is 2. The summed E-state index contributed by atoms with van der Waals surface area (Å²) in [5, 5.41) is 3.59. The quantitative estimate of drug-likeness (QED) is 0.836. The molecule has 2 rings (SSSR count). The molecule has 0 aliphatic heterocycles. The highest BCUT2D eigenvalue weighted by Gasteiger charge is 2.11. The Morgan fingerprint density at radius 2 is 2.00 bits per heavy atom. The van der Waals surface area contributed by atoms with Crippen molar-refractivity contribution in [2.24, 2.45) is 0 Å². The Kier molecular flexibility index (Phi) is 4.60. The number of thiophene rings is 1. The third-order valence-electron chi connectivity index (χ3n) is 3.10. The molecule has 3 heteroatoms. The van der Waals surface area contributed by atoms with Crippen LogP contribution in [0.4, 0.5) is 0 Å². The zero-order valence-corrected chi connectivity index (χ0v) is 13.4. The highest BCUT2D eigenvalue weighted by molar-refractivity contribution is 9.10. The Balaban J connectivity index is 2.03. The summed E-state index contributed by atoms with van der Waals surface area (Å²) < 4.78 is 1.17. The first-order chi connectivity index (χ1) is 8.58. The molecule has 1 N–H and O–H groups in total. The molecule has 1 heterocycles. The van der Waals surface area contributed by atoms with Gasteiger partial charge in [0.2, 0.25) is 0 Å². The minimum absolute atomic E-state index is 0.391. The Hall–Kier alpha value is -0.640. The lowest BCUT2D eigenvalue weighted by atomic mass is 10.1. The lowest BCUT2D eigenvalue weighted by Crippen LogP contribution is -2.18. The molecule has 18 heavy (non-hydrogen) atoms. The van der Waals surface area contributed by atoms with E-state index >= 15 is 0 Å². The maximum atomic E-state index is 3.59. The molecule has 0 saturated carbocycles. The molecule has 0 spiro atoms. The fraction of sp³-hybridized carbons (Fsp3) is 0.333. The van der Waals surface area contributed by atoms with Crippen LogP contribution < -0.4 is 5.32 Å². The predicted molar refractivity (Wildman–Crippen MR) is 83.2 cm³/mol. The molecule has 2 aromatic rings. The molecule has 1 aromatic carbocycles. The van der Waals surface area contributed by atoms with Gasteiger partial charge in [0.15, 0.2) is 0 Å². The number of hydrogen-bond donors (Lipinski definition) is 1. The van der Waals surface area contributed by atoms with Gasteiger partial charge in [-0.05, 0) is 44.0 Å². The van der Waals surface area contributed by atoms with Gasteiger partial charge >= 0.3 is 0 Å². The largest absolute Gasteiger partial charge is 0.306 e. The summed E-state index contributed by atoms with van der Waals surface area (Å²) in [7, 11) is 0. The van der Waals surface area contributed by atoms with E-state index in [0.717, 1.165) is 6.54 Å². The summed E-state index contributed by atoms with van der Waals surface area (Å²) in [5.74, 6) is 0. The molecule has 96 valence electrons. The first kappa shape index (κ1) is 13.8. The van der Waals surface area contributed by atoms with E-state index in [1.54, 1.807) is 0 Å². The van der Waals surface area contributed by atoms with E-state index < -0.39 is 0 Å². The van der Waals surface area contributed by atoms with Gasteiger partial charge in [0.05, 0.1) is 0 Å². The fourth-order valence-electron chi connectivity index (χ4n) is 2.10. The average molecular weight is 324 g/mol. The van der Waals surface area contributed by atoms with Crippen molar-refractivity contribution in [1.82, 2.24) is 5.32 Å². The Morgan fingerprint density at radius 1 is 1.28 bits per heavy atom. The molecule has 1 aromatic heterocycles. The van der Waals surface area contributed by atoms with Gasteiger partial charge in [-0.2, -0.15) is 0 Å². The molecule has 1 unspecified atom stereocenters. The number of aryl methyl sites for hydroxylation is 2. The summed E-state index contributed by atoms with van der Waals surface area (Å²) in [4.78, 5) is 2.80. The van der Waals surface area contributed by atoms with Gasteiger partial charge in [-0.15, -0.1) is 11.3 Å². The van der Waals surface area contributed by atoms with Gasteiger partial charge in [0.1, 0.15) is 0 Å². The molecule has 1 nitrogen and oxygen atoms in total. The van der Waals surface area contributed by atoms with Crippen LogP contribution in [0.25, 0.3) is 0 Å². The van der Waals surface area contributed by atoms with Crippen LogP contribution in [0.2, 0.25) is 0 Å². The summed E-state index contributed by atoms with van der Waals surface area (Å²) in [6, 6.07) is 11.0. The van der Waals surface area contributed by atoms with E-state index in [2.05, 4.69) is 66.3 Å². The minimum Gasteiger partial charge on any atom is -0.306 e. The molecule has 0 aliphatic carbocycles. The van der Waals surface area contributed by atoms with E-state index in [4.69, 9.17) is 0 Å². The standard InChI is InChI=1S/C15H18BrNS/c1-10-8-14(12(3)18-10)11(2)17-9-13-6-4-5-7-15(13)16/h4-8,11,17H,9H2,1-3H3. The maximum absolute atomic E-state index is 3.59. The van der Waals surface area contributed by atoms with E-state index in [1.807, 2.05) is 17.4 Å². The van der Waals surface area contributed by atoms with Crippen LogP contribution in [0.3, 0.4) is 0 Å². The average Bonchev–Trinajstić information content (AvgIpc) is 2.67. The minimum atomic E-state index is 0.391. The molecule has 1 atom stereocenters. The highest BCUT2D eigenvalue weighted by atomic mass is 79.9. The zero-order chi connectivity index (χ0) is 13.1. The lowest BCUT2D eigenvalue weighted by Gasteiger charge is -2.14. The maximum Gasteiger partial charge on any atom is 0.0305 e. The molecule has 0 bridgehead atoms. The smallest absolute Gasteiger partial charge is 0.0305 e. The van der Waals surface area contributed by atoms with Crippen LogP contribution in [-0.2, 0) is 6.54 Å². The predicted octanol–water partition coefficient (Wildman–Crippen LogP) is 4.98. The highest BCUT2D eigenvalue weighted by Crippen LogP contribution is 2.26. The number of halogens is 1. The van der Waals surface area contributed by atoms with Crippen molar-refractivity contribution in [2.45, 2.75) is 33.4 Å². The van der Waals surface area contributed by atoms with Crippen LogP contribution in [0.5, 0.6) is 0 Å². The topological polar surface area (TPSA) is 12.0 Å². The zero-order valence-electron chi connectivity index (χ0n) is 11.0. The van der Waals surface area contributed by atoms with Crippen molar-refractivity contribution in [3.8, 4) is 0 Å². The van der Waals surface area contributed by atoms with Crippen molar-refractivity contribution in [3.05, 3.63) is 55.7 Å². The van der Waals surface area contributed by atoms with Gasteiger partial charge in [0.25, 0.3) is 0 Å². The first-order valence-electron chi connectivity index (χ1n) is 6.11. The second kappa shape index (κ2) is 6.00. The van der Waals surface area contributed by atoms with E-state index in [1.165, 1.54) is 25.4 Å². The second-order valence-corrected chi connectivity index (χ2v) is 6.88. The number of rotatable bonds is 4. The Labute approximate surface area is 121 Å². The van der Waals surface area contributed by atoms with E-state index in [-0.39, 0.29) is 0 Å². The van der Waals surface area contributed by atoms with Gasteiger partial charge in [-0.25, -0.2) is 0 Å². The van der Waals surface area contributed by atoms with Crippen molar-refractivity contribution >= 4 is 27.3 Å². The van der Waals surface area contributed by atoms with Crippen LogP contribution in [0.15, 0.2) is 34.8 Å².